The molecule has 6 saturated carbocycles. The molecule has 1 saturated heterocycles. The fraction of sp³-hybridized carbons (Fsp3) is 0.882. The number of rotatable bonds is 6. The third-order valence-electron chi connectivity index (χ3n) is 13.5. The van der Waals surface area contributed by atoms with Crippen LogP contribution in [-0.4, -0.2) is 47.3 Å². The molecule has 0 aromatic heterocycles. The Bertz CT molecular complexity index is 1150. The second-order valence-corrected chi connectivity index (χ2v) is 16.3. The Morgan fingerprint density at radius 1 is 0.738 bits per heavy atom. The van der Waals surface area contributed by atoms with Crippen molar-refractivity contribution < 1.29 is 38.5 Å². The van der Waals surface area contributed by atoms with Gasteiger partial charge in [0.25, 0.3) is 0 Å². The average molecular weight is 585 g/mol. The predicted molar refractivity (Wildman–Crippen MR) is 150 cm³/mol. The lowest BCUT2D eigenvalue weighted by Gasteiger charge is -2.50. The van der Waals surface area contributed by atoms with Crippen molar-refractivity contribution in [2.24, 2.45) is 88.8 Å². The summed E-state index contributed by atoms with van der Waals surface area (Å²) < 4.78 is 16.8. The summed E-state index contributed by atoms with van der Waals surface area (Å²) >= 11 is 0. The highest BCUT2D eigenvalue weighted by Crippen LogP contribution is 2.71. The molecule has 1 N–H and O–H groups in total. The first-order valence-corrected chi connectivity index (χ1v) is 16.7. The molecule has 0 spiro atoms. The van der Waals surface area contributed by atoms with Gasteiger partial charge in [-0.05, 0) is 130 Å². The molecule has 7 fully saturated rings. The minimum atomic E-state index is -0.788. The van der Waals surface area contributed by atoms with E-state index in [-0.39, 0.29) is 41.5 Å². The highest BCUT2D eigenvalue weighted by molar-refractivity contribution is 5.82. The number of carboxylic acids is 1. The van der Waals surface area contributed by atoms with Crippen LogP contribution < -0.4 is 0 Å². The Balaban J connectivity index is 1.18. The Morgan fingerprint density at radius 3 is 1.95 bits per heavy atom. The third-order valence-corrected chi connectivity index (χ3v) is 13.5. The monoisotopic (exact) mass is 584 g/mol. The van der Waals surface area contributed by atoms with Gasteiger partial charge in [0, 0.05) is 6.42 Å². The third kappa shape index (κ3) is 4.35. The molecule has 16 atom stereocenters. The van der Waals surface area contributed by atoms with Gasteiger partial charge in [-0.1, -0.05) is 13.8 Å². The Hall–Kier alpha value is -2.12. The Kier molecular flexibility index (Phi) is 6.78. The highest BCUT2D eigenvalue weighted by atomic mass is 16.6. The minimum Gasteiger partial charge on any atom is -0.481 e. The number of carbonyl (C=O) groups excluding carboxylic acids is 3. The molecule has 0 radical (unpaired) electrons. The lowest BCUT2D eigenvalue weighted by atomic mass is 9.55. The predicted octanol–water partition coefficient (Wildman–Crippen LogP) is 4.98. The van der Waals surface area contributed by atoms with Gasteiger partial charge >= 0.3 is 23.9 Å². The van der Waals surface area contributed by atoms with Gasteiger partial charge in [0.2, 0.25) is 6.10 Å². The molecule has 6 bridgehead atoms. The number of hydrogen-bond donors (Lipinski definition) is 1. The van der Waals surface area contributed by atoms with E-state index in [1.54, 1.807) is 0 Å². The number of carboxylic acid groups (broad SMARTS) is 1. The zero-order valence-electron chi connectivity index (χ0n) is 25.7. The number of esters is 3. The summed E-state index contributed by atoms with van der Waals surface area (Å²) in [6, 6.07) is 0. The van der Waals surface area contributed by atoms with Gasteiger partial charge in [-0.25, -0.2) is 4.79 Å². The fourth-order valence-electron chi connectivity index (χ4n) is 12.3. The van der Waals surface area contributed by atoms with Crippen LogP contribution in [0, 0.1) is 88.8 Å². The fourth-order valence-corrected chi connectivity index (χ4v) is 12.3. The molecule has 16 unspecified atom stereocenters. The summed E-state index contributed by atoms with van der Waals surface area (Å²) in [4.78, 5) is 51.2. The number of cyclic esters (lactones) is 1. The van der Waals surface area contributed by atoms with Crippen LogP contribution in [0.5, 0.6) is 0 Å². The van der Waals surface area contributed by atoms with Gasteiger partial charge in [-0.3, -0.25) is 14.4 Å². The summed E-state index contributed by atoms with van der Waals surface area (Å²) in [5.74, 6) is 2.44. The molecule has 0 amide bonds. The van der Waals surface area contributed by atoms with Crippen molar-refractivity contribution in [3.8, 4) is 0 Å². The van der Waals surface area contributed by atoms with E-state index in [1.807, 2.05) is 20.8 Å². The molecule has 0 aromatic carbocycles. The van der Waals surface area contributed by atoms with E-state index in [1.165, 1.54) is 0 Å². The Morgan fingerprint density at radius 2 is 1.33 bits per heavy atom. The van der Waals surface area contributed by atoms with Crippen LogP contribution in [-0.2, 0) is 33.4 Å². The number of ether oxygens (including phenoxy) is 3. The molecule has 232 valence electrons. The van der Waals surface area contributed by atoms with Crippen LogP contribution in [0.2, 0.25) is 0 Å². The van der Waals surface area contributed by atoms with Crippen molar-refractivity contribution in [3.05, 3.63) is 0 Å². The standard InChI is InChI=1S/C34H48O8/c1-14-16-8-20(24(9-16)32(38)42-34(3,4)5)27(14)28-18-11-21(23(13-18)31(37)41-25-6-7-40-33(25)39)29(28)26-15(2)19-10-17(26)12-22(19)30(35)36/h14-29H,6-13H2,1-5H3,(H,35,36). The van der Waals surface area contributed by atoms with Crippen molar-refractivity contribution in [2.75, 3.05) is 6.61 Å². The van der Waals surface area contributed by atoms with Crippen molar-refractivity contribution in [1.82, 2.24) is 0 Å². The van der Waals surface area contributed by atoms with Gasteiger partial charge in [0.15, 0.2) is 0 Å². The molecule has 0 aromatic rings. The zero-order chi connectivity index (χ0) is 29.8. The van der Waals surface area contributed by atoms with E-state index >= 15 is 0 Å². The number of hydrogen-bond acceptors (Lipinski definition) is 7. The van der Waals surface area contributed by atoms with Crippen molar-refractivity contribution >= 4 is 23.9 Å². The molecule has 7 aliphatic rings. The number of fused-ring (bicyclic) bond motifs is 6. The summed E-state index contributed by atoms with van der Waals surface area (Å²) in [6.45, 7) is 10.8. The number of aliphatic carboxylic acids is 1. The van der Waals surface area contributed by atoms with Crippen LogP contribution >= 0.6 is 0 Å². The number of carbonyl (C=O) groups is 4. The van der Waals surface area contributed by atoms with E-state index < -0.39 is 23.6 Å². The molecule has 1 aliphatic heterocycles. The first-order chi connectivity index (χ1) is 19.8. The average Bonchev–Trinajstić information content (AvgIpc) is 3.74. The van der Waals surface area contributed by atoms with Gasteiger partial charge in [0.1, 0.15) is 5.60 Å². The summed E-state index contributed by atoms with van der Waals surface area (Å²) in [7, 11) is 0. The van der Waals surface area contributed by atoms with E-state index in [9.17, 15) is 24.3 Å². The minimum absolute atomic E-state index is 0.0471. The maximum absolute atomic E-state index is 13.6. The topological polar surface area (TPSA) is 116 Å². The van der Waals surface area contributed by atoms with E-state index in [4.69, 9.17) is 14.2 Å². The van der Waals surface area contributed by atoms with Gasteiger partial charge < -0.3 is 19.3 Å². The summed E-state index contributed by atoms with van der Waals surface area (Å²) in [6.07, 6.45) is 5.13. The van der Waals surface area contributed by atoms with Gasteiger partial charge in [-0.15, -0.1) is 0 Å². The molecule has 6 aliphatic carbocycles. The van der Waals surface area contributed by atoms with Crippen LogP contribution in [0.15, 0.2) is 0 Å². The summed E-state index contributed by atoms with van der Waals surface area (Å²) in [5, 5.41) is 9.93. The zero-order valence-corrected chi connectivity index (χ0v) is 25.7. The molecular weight excluding hydrogens is 536 g/mol. The maximum atomic E-state index is 13.6. The lowest BCUT2D eigenvalue weighted by Crippen LogP contribution is -2.48. The normalized spacial score (nSPS) is 50.4. The van der Waals surface area contributed by atoms with Gasteiger partial charge in [0.05, 0.1) is 24.4 Å². The Labute approximate surface area is 249 Å². The first-order valence-electron chi connectivity index (χ1n) is 16.7. The van der Waals surface area contributed by atoms with E-state index in [0.717, 1.165) is 38.5 Å². The largest absolute Gasteiger partial charge is 0.481 e. The quantitative estimate of drug-likeness (QED) is 0.343. The van der Waals surface area contributed by atoms with E-state index in [2.05, 4.69) is 13.8 Å². The van der Waals surface area contributed by atoms with Crippen LogP contribution in [0.3, 0.4) is 0 Å². The highest BCUT2D eigenvalue weighted by Gasteiger charge is 2.68. The second kappa shape index (κ2) is 9.95. The van der Waals surface area contributed by atoms with Crippen LogP contribution in [0.1, 0.15) is 79.6 Å². The van der Waals surface area contributed by atoms with Crippen LogP contribution in [0.4, 0.5) is 0 Å². The smallest absolute Gasteiger partial charge is 0.347 e. The van der Waals surface area contributed by atoms with Crippen molar-refractivity contribution in [1.29, 1.82) is 0 Å². The molecule has 1 heterocycles. The van der Waals surface area contributed by atoms with Gasteiger partial charge in [-0.2, -0.15) is 0 Å². The lowest BCUT2D eigenvalue weighted by molar-refractivity contribution is -0.167. The van der Waals surface area contributed by atoms with Crippen LogP contribution in [0.25, 0.3) is 0 Å². The first kappa shape index (κ1) is 28.6. The summed E-state index contributed by atoms with van der Waals surface area (Å²) in [5.41, 5.74) is -0.506. The molecular formula is C34H48O8. The van der Waals surface area contributed by atoms with Crippen molar-refractivity contribution in [3.63, 3.8) is 0 Å². The van der Waals surface area contributed by atoms with E-state index in [0.29, 0.717) is 72.2 Å². The molecule has 42 heavy (non-hydrogen) atoms. The maximum Gasteiger partial charge on any atom is 0.347 e. The molecule has 8 nitrogen and oxygen atoms in total. The second-order valence-electron chi connectivity index (χ2n) is 16.3. The SMILES string of the molecule is CC1C2CC(CC2C(=O)O)C1C1C2CC(CC2C(=O)OC2CCOC2=O)C1C1C(C)C2CC(C(=O)OC(C)(C)C)C1C2. The molecule has 7 rings (SSSR count). The molecule has 8 heteroatoms. The van der Waals surface area contributed by atoms with Crippen molar-refractivity contribution in [2.45, 2.75) is 91.3 Å².